The molecule has 0 aromatic heterocycles. The van der Waals surface area contributed by atoms with Crippen LogP contribution in [0.2, 0.25) is 0 Å². The smallest absolute Gasteiger partial charge is 0.122 e. The van der Waals surface area contributed by atoms with Crippen molar-refractivity contribution in [2.45, 2.75) is 78.6 Å². The van der Waals surface area contributed by atoms with Crippen molar-refractivity contribution in [3.8, 4) is 11.5 Å². The van der Waals surface area contributed by atoms with E-state index >= 15 is 0 Å². The zero-order valence-corrected chi connectivity index (χ0v) is 22.1. The molecule has 3 aromatic carbocycles. The molecule has 0 radical (unpaired) electrons. The van der Waals surface area contributed by atoms with E-state index in [0.717, 1.165) is 35.1 Å². The van der Waals surface area contributed by atoms with E-state index in [1.54, 1.807) is 0 Å². The fourth-order valence-electron chi connectivity index (χ4n) is 4.74. The van der Waals surface area contributed by atoms with Gasteiger partial charge in [0.25, 0.3) is 0 Å². The maximum Gasteiger partial charge on any atom is 0.122 e. The average Bonchev–Trinajstić information content (AvgIpc) is 2.87. The Bertz CT molecular complexity index is 946. The number of phenols is 2. The van der Waals surface area contributed by atoms with Gasteiger partial charge in [-0.15, -0.1) is 0 Å². The number of aromatic hydroxyl groups is 2. The summed E-state index contributed by atoms with van der Waals surface area (Å²) in [6.45, 7) is 5.67. The third-order valence-corrected chi connectivity index (χ3v) is 9.67. The van der Waals surface area contributed by atoms with Gasteiger partial charge in [-0.1, -0.05) is 99.2 Å². The van der Waals surface area contributed by atoms with Crippen molar-refractivity contribution in [1.82, 2.24) is 0 Å². The second kappa shape index (κ2) is 13.5. The van der Waals surface area contributed by atoms with Gasteiger partial charge in [0.15, 0.2) is 0 Å². The number of benzene rings is 3. The first kappa shape index (κ1) is 26.3. The van der Waals surface area contributed by atoms with Gasteiger partial charge < -0.3 is 10.2 Å². The van der Waals surface area contributed by atoms with E-state index in [1.807, 2.05) is 20.8 Å². The molecular formula is C31H41O2P. The molecule has 2 nitrogen and oxygen atoms in total. The predicted octanol–water partition coefficient (Wildman–Crippen LogP) is 7.82. The lowest BCUT2D eigenvalue weighted by Crippen LogP contribution is -2.13. The quantitative estimate of drug-likeness (QED) is 0.150. The van der Waals surface area contributed by atoms with Crippen molar-refractivity contribution in [2.75, 3.05) is 6.16 Å². The first-order chi connectivity index (χ1) is 16.5. The van der Waals surface area contributed by atoms with Crippen LogP contribution < -0.4 is 10.6 Å². The topological polar surface area (TPSA) is 40.5 Å². The monoisotopic (exact) mass is 476 g/mol. The van der Waals surface area contributed by atoms with Crippen LogP contribution in [0.4, 0.5) is 0 Å². The predicted molar refractivity (Wildman–Crippen MR) is 149 cm³/mol. The van der Waals surface area contributed by atoms with Crippen molar-refractivity contribution in [2.24, 2.45) is 0 Å². The Morgan fingerprint density at radius 3 is 1.50 bits per heavy atom. The molecule has 2 N–H and O–H groups in total. The van der Waals surface area contributed by atoms with E-state index in [0.29, 0.717) is 11.5 Å². The summed E-state index contributed by atoms with van der Waals surface area (Å²) in [7, 11) is -0.256. The van der Waals surface area contributed by atoms with E-state index in [-0.39, 0.29) is 7.92 Å². The third kappa shape index (κ3) is 7.09. The minimum Gasteiger partial charge on any atom is -0.507 e. The van der Waals surface area contributed by atoms with E-state index in [1.165, 1.54) is 61.7 Å². The third-order valence-electron chi connectivity index (χ3n) is 7.06. The van der Waals surface area contributed by atoms with Crippen LogP contribution in [-0.4, -0.2) is 16.4 Å². The molecule has 0 saturated carbocycles. The van der Waals surface area contributed by atoms with Crippen LogP contribution in [0, 0.1) is 20.8 Å². The van der Waals surface area contributed by atoms with Crippen LogP contribution in [0.25, 0.3) is 0 Å². The molecule has 0 bridgehead atoms. The first-order valence-corrected chi connectivity index (χ1v) is 14.4. The number of rotatable bonds is 13. The Labute approximate surface area is 207 Å². The molecule has 182 valence electrons. The van der Waals surface area contributed by atoms with Crippen molar-refractivity contribution >= 4 is 18.5 Å². The fraction of sp³-hybridized carbons (Fsp3) is 0.419. The normalized spacial score (nSPS) is 11.3. The highest BCUT2D eigenvalue weighted by atomic mass is 31.1. The summed E-state index contributed by atoms with van der Waals surface area (Å²) in [5, 5.41) is 23.7. The standard InChI is InChI=1S/C31H41O2P/c1-24-25(2)31(33)29(26(3)30(24)32)22-16-8-6-4-5-7-9-17-23-34(27-18-12-10-13-19-27)28-20-14-11-15-21-28/h10-15,18-21,32-33H,4-9,16-17,22-23H2,1-3H3. The zero-order chi connectivity index (χ0) is 24.3. The molecular weight excluding hydrogens is 435 g/mol. The lowest BCUT2D eigenvalue weighted by atomic mass is 9.94. The molecule has 0 aliphatic rings. The van der Waals surface area contributed by atoms with Gasteiger partial charge in [-0.3, -0.25) is 0 Å². The number of hydrogen-bond acceptors (Lipinski definition) is 2. The summed E-state index contributed by atoms with van der Waals surface area (Å²) < 4.78 is 0. The number of hydrogen-bond donors (Lipinski definition) is 2. The van der Waals surface area contributed by atoms with Crippen molar-refractivity contribution in [3.63, 3.8) is 0 Å². The van der Waals surface area contributed by atoms with E-state index in [9.17, 15) is 10.2 Å². The maximum absolute atomic E-state index is 10.5. The lowest BCUT2D eigenvalue weighted by molar-refractivity contribution is 0.441. The van der Waals surface area contributed by atoms with Gasteiger partial charge in [0.05, 0.1) is 0 Å². The Hall–Kier alpha value is -2.31. The second-order valence-corrected chi connectivity index (χ2v) is 11.8. The Kier molecular flexibility index (Phi) is 10.5. The fourth-order valence-corrected chi connectivity index (χ4v) is 7.16. The second-order valence-electron chi connectivity index (χ2n) is 9.45. The molecule has 3 heteroatoms. The summed E-state index contributed by atoms with van der Waals surface area (Å²) in [5.41, 5.74) is 3.36. The van der Waals surface area contributed by atoms with Crippen LogP contribution in [-0.2, 0) is 6.42 Å². The SMILES string of the molecule is Cc1c(C)c(O)c(CCCCCCCCCCP(c2ccccc2)c2ccccc2)c(C)c1O. The van der Waals surface area contributed by atoms with Crippen molar-refractivity contribution in [1.29, 1.82) is 0 Å². The molecule has 0 atom stereocenters. The molecule has 0 spiro atoms. The van der Waals surface area contributed by atoms with Gasteiger partial charge in [0, 0.05) is 5.56 Å². The summed E-state index contributed by atoms with van der Waals surface area (Å²) in [6.07, 6.45) is 12.1. The Balaban J connectivity index is 1.33. The highest BCUT2D eigenvalue weighted by molar-refractivity contribution is 7.73. The molecule has 34 heavy (non-hydrogen) atoms. The van der Waals surface area contributed by atoms with Crippen LogP contribution in [0.5, 0.6) is 11.5 Å². The Morgan fingerprint density at radius 1 is 0.529 bits per heavy atom. The van der Waals surface area contributed by atoms with Gasteiger partial charge in [-0.2, -0.15) is 0 Å². The Morgan fingerprint density at radius 2 is 0.971 bits per heavy atom. The minimum absolute atomic E-state index is 0.256. The van der Waals surface area contributed by atoms with Gasteiger partial charge in [-0.25, -0.2) is 0 Å². The molecule has 0 aliphatic carbocycles. The largest absolute Gasteiger partial charge is 0.507 e. The molecule has 0 heterocycles. The summed E-state index contributed by atoms with van der Waals surface area (Å²) in [5.74, 6) is 0.715. The van der Waals surface area contributed by atoms with Crippen LogP contribution in [0.15, 0.2) is 60.7 Å². The van der Waals surface area contributed by atoms with Crippen molar-refractivity contribution < 1.29 is 10.2 Å². The molecule has 0 aliphatic heterocycles. The number of phenolic OH excluding ortho intramolecular Hbond substituents is 2. The van der Waals surface area contributed by atoms with Crippen molar-refractivity contribution in [3.05, 3.63) is 82.9 Å². The van der Waals surface area contributed by atoms with Gasteiger partial charge >= 0.3 is 0 Å². The van der Waals surface area contributed by atoms with Crippen LogP contribution >= 0.6 is 7.92 Å². The molecule has 0 fully saturated rings. The zero-order valence-electron chi connectivity index (χ0n) is 21.2. The van der Waals surface area contributed by atoms with Gasteiger partial charge in [0.1, 0.15) is 11.5 Å². The molecule has 0 amide bonds. The summed E-state index contributed by atoms with van der Waals surface area (Å²) >= 11 is 0. The first-order valence-electron chi connectivity index (χ1n) is 12.9. The highest BCUT2D eigenvalue weighted by Crippen LogP contribution is 2.37. The summed E-state index contributed by atoms with van der Waals surface area (Å²) in [6, 6.07) is 22.0. The maximum atomic E-state index is 10.5. The highest BCUT2D eigenvalue weighted by Gasteiger charge is 2.16. The van der Waals surface area contributed by atoms with Crippen LogP contribution in [0.1, 0.15) is 73.6 Å². The van der Waals surface area contributed by atoms with Gasteiger partial charge in [-0.05, 0) is 81.4 Å². The molecule has 3 aromatic rings. The van der Waals surface area contributed by atoms with E-state index in [4.69, 9.17) is 0 Å². The molecule has 0 unspecified atom stereocenters. The molecule has 3 rings (SSSR count). The van der Waals surface area contributed by atoms with Gasteiger partial charge in [0.2, 0.25) is 0 Å². The molecule has 0 saturated heterocycles. The number of unbranched alkanes of at least 4 members (excludes halogenated alkanes) is 7. The summed E-state index contributed by atoms with van der Waals surface area (Å²) in [4.78, 5) is 0. The minimum atomic E-state index is -0.256. The average molecular weight is 477 g/mol. The van der Waals surface area contributed by atoms with E-state index < -0.39 is 0 Å². The lowest BCUT2D eigenvalue weighted by Gasteiger charge is -2.18. The van der Waals surface area contributed by atoms with Crippen LogP contribution in [0.3, 0.4) is 0 Å². The van der Waals surface area contributed by atoms with E-state index in [2.05, 4.69) is 60.7 Å².